The maximum absolute atomic E-state index is 13.5. The molecule has 0 bridgehead atoms. The lowest BCUT2D eigenvalue weighted by atomic mass is 10.2. The van der Waals surface area contributed by atoms with Gasteiger partial charge in [0.25, 0.3) is 10.0 Å². The quantitative estimate of drug-likeness (QED) is 0.414. The Morgan fingerprint density at radius 1 is 0.848 bits per heavy atom. The summed E-state index contributed by atoms with van der Waals surface area (Å²) in [5.74, 6) is 1.83. The fraction of sp³-hybridized carbons (Fsp3) is 0.217. The smallest absolute Gasteiger partial charge is 0.279 e. The number of benzene rings is 3. The van der Waals surface area contributed by atoms with E-state index in [0.29, 0.717) is 28.0 Å². The van der Waals surface area contributed by atoms with Gasteiger partial charge in [0.05, 0.1) is 31.3 Å². The molecule has 1 aliphatic heterocycles. The predicted molar refractivity (Wildman–Crippen MR) is 124 cm³/mol. The summed E-state index contributed by atoms with van der Waals surface area (Å²) in [6.07, 6.45) is 0. The summed E-state index contributed by atoms with van der Waals surface area (Å²) in [4.78, 5) is 5.94. The summed E-state index contributed by atoms with van der Waals surface area (Å²) in [7, 11) is -0.874. The number of hydrogen-bond acceptors (Lipinski definition) is 7. The molecule has 174 valence electrons. The first-order valence-electron chi connectivity index (χ1n) is 10.1. The maximum Gasteiger partial charge on any atom is 0.279 e. The second-order valence-corrected chi connectivity index (χ2v) is 9.27. The lowest BCUT2D eigenvalue weighted by Crippen LogP contribution is -2.42. The average molecular weight is 491 g/mol. The topological polar surface area (TPSA) is 77.5 Å². The van der Waals surface area contributed by atoms with Crippen LogP contribution in [-0.2, 0) is 21.4 Å². The van der Waals surface area contributed by atoms with Crippen molar-refractivity contribution in [3.63, 3.8) is 0 Å². The first kappa shape index (κ1) is 23.2. The predicted octanol–water partition coefficient (Wildman–Crippen LogP) is 4.29. The molecule has 33 heavy (non-hydrogen) atoms. The molecular formula is C23H23ClN2O6S. The number of hydrazine groups is 1. The van der Waals surface area contributed by atoms with Crippen molar-refractivity contribution < 1.29 is 27.5 Å². The number of ether oxygens (including phenoxy) is 3. The molecule has 0 radical (unpaired) electrons. The van der Waals surface area contributed by atoms with Crippen LogP contribution in [0.2, 0.25) is 5.02 Å². The van der Waals surface area contributed by atoms with E-state index in [1.165, 1.54) is 24.4 Å². The van der Waals surface area contributed by atoms with E-state index in [1.807, 2.05) is 0 Å². The molecule has 10 heteroatoms. The van der Waals surface area contributed by atoms with E-state index in [-0.39, 0.29) is 24.7 Å². The van der Waals surface area contributed by atoms with Gasteiger partial charge in [0.2, 0.25) is 0 Å². The van der Waals surface area contributed by atoms with Crippen molar-refractivity contribution in [3.05, 3.63) is 77.3 Å². The Morgan fingerprint density at radius 3 is 2.15 bits per heavy atom. The fourth-order valence-electron chi connectivity index (χ4n) is 3.36. The summed E-state index contributed by atoms with van der Waals surface area (Å²) in [5.41, 5.74) is 1.25. The fourth-order valence-corrected chi connectivity index (χ4v) is 4.95. The van der Waals surface area contributed by atoms with E-state index >= 15 is 0 Å². The Morgan fingerprint density at radius 2 is 1.48 bits per heavy atom. The third kappa shape index (κ3) is 5.01. The second-order valence-electron chi connectivity index (χ2n) is 7.06. The van der Waals surface area contributed by atoms with Crippen molar-refractivity contribution in [3.8, 4) is 17.2 Å². The van der Waals surface area contributed by atoms with Gasteiger partial charge in [-0.3, -0.25) is 4.84 Å². The molecule has 0 saturated heterocycles. The van der Waals surface area contributed by atoms with Crippen molar-refractivity contribution in [1.29, 1.82) is 0 Å². The number of rotatable bonds is 9. The highest BCUT2D eigenvalue weighted by Crippen LogP contribution is 2.38. The van der Waals surface area contributed by atoms with E-state index in [4.69, 9.17) is 30.6 Å². The molecule has 4 rings (SSSR count). The summed E-state index contributed by atoms with van der Waals surface area (Å²) < 4.78 is 44.3. The number of nitrogens with zero attached hydrogens (tertiary/aromatic N) is 2. The minimum Gasteiger partial charge on any atom is -0.497 e. The van der Waals surface area contributed by atoms with Gasteiger partial charge in [-0.25, -0.2) is 0 Å². The van der Waals surface area contributed by atoms with Crippen molar-refractivity contribution in [2.75, 3.05) is 31.8 Å². The van der Waals surface area contributed by atoms with Crippen molar-refractivity contribution in [1.82, 2.24) is 5.17 Å². The molecular weight excluding hydrogens is 468 g/mol. The van der Waals surface area contributed by atoms with Gasteiger partial charge in [-0.15, -0.1) is 0 Å². The van der Waals surface area contributed by atoms with Crippen LogP contribution in [0.4, 0.5) is 5.69 Å². The van der Waals surface area contributed by atoms with Crippen LogP contribution in [0.1, 0.15) is 5.56 Å². The zero-order valence-corrected chi connectivity index (χ0v) is 19.7. The van der Waals surface area contributed by atoms with Crippen LogP contribution >= 0.6 is 11.6 Å². The SMILES string of the molecule is COc1ccc(S(=O)(=O)N2c3ccc(OC)cc3CN2OCCOc2ccc(Cl)cc2)cc1. The van der Waals surface area contributed by atoms with Crippen LogP contribution in [0.5, 0.6) is 17.2 Å². The number of halogens is 1. The molecule has 3 aromatic carbocycles. The number of sulfonamides is 1. The van der Waals surface area contributed by atoms with E-state index in [9.17, 15) is 8.42 Å². The summed E-state index contributed by atoms with van der Waals surface area (Å²) in [5, 5.41) is 1.93. The molecule has 0 spiro atoms. The van der Waals surface area contributed by atoms with E-state index in [2.05, 4.69) is 0 Å². The van der Waals surface area contributed by atoms with Gasteiger partial charge in [0, 0.05) is 10.6 Å². The molecule has 8 nitrogen and oxygen atoms in total. The first-order chi connectivity index (χ1) is 15.9. The molecule has 0 fully saturated rings. The van der Waals surface area contributed by atoms with E-state index in [1.54, 1.807) is 61.7 Å². The van der Waals surface area contributed by atoms with Gasteiger partial charge >= 0.3 is 0 Å². The lowest BCUT2D eigenvalue weighted by molar-refractivity contribution is -0.161. The Hall–Kier alpha value is -2.98. The van der Waals surface area contributed by atoms with E-state index < -0.39 is 10.0 Å². The molecule has 1 aliphatic rings. The van der Waals surface area contributed by atoms with Crippen LogP contribution in [0.25, 0.3) is 0 Å². The summed E-state index contributed by atoms with van der Waals surface area (Å²) in [6, 6.07) is 18.4. The molecule has 0 aromatic heterocycles. The van der Waals surface area contributed by atoms with Crippen molar-refractivity contribution in [2.24, 2.45) is 0 Å². The highest BCUT2D eigenvalue weighted by molar-refractivity contribution is 7.92. The standard InChI is InChI=1S/C23H23ClN2O6S/c1-29-19-7-10-22(11-8-19)33(27,28)26-23-12-9-21(30-2)15-17(23)16-25(26)32-14-13-31-20-5-3-18(24)4-6-20/h3-12,15H,13-14,16H2,1-2H3. The number of fused-ring (bicyclic) bond motifs is 1. The minimum absolute atomic E-state index is 0.109. The monoisotopic (exact) mass is 490 g/mol. The van der Waals surface area contributed by atoms with Gasteiger partial charge < -0.3 is 14.2 Å². The molecule has 0 N–H and O–H groups in total. The Labute approximate surface area is 197 Å². The van der Waals surface area contributed by atoms with Crippen molar-refractivity contribution >= 4 is 27.3 Å². The number of methoxy groups -OCH3 is 2. The third-order valence-electron chi connectivity index (χ3n) is 4.99. The number of anilines is 1. The van der Waals surface area contributed by atoms with Gasteiger partial charge in [-0.05, 0) is 66.7 Å². The molecule has 0 saturated carbocycles. The van der Waals surface area contributed by atoms with Gasteiger partial charge in [-0.1, -0.05) is 16.8 Å². The van der Waals surface area contributed by atoms with Gasteiger partial charge in [0.15, 0.2) is 0 Å². The number of hydrogen-bond donors (Lipinski definition) is 0. The van der Waals surface area contributed by atoms with Crippen LogP contribution in [0.3, 0.4) is 0 Å². The minimum atomic E-state index is -3.96. The zero-order valence-electron chi connectivity index (χ0n) is 18.1. The Balaban J connectivity index is 1.54. The normalized spacial score (nSPS) is 13.6. The lowest BCUT2D eigenvalue weighted by Gasteiger charge is -2.28. The molecule has 0 amide bonds. The molecule has 3 aromatic rings. The van der Waals surface area contributed by atoms with Gasteiger partial charge in [-0.2, -0.15) is 12.8 Å². The molecule has 0 atom stereocenters. The molecule has 0 aliphatic carbocycles. The van der Waals surface area contributed by atoms with Crippen LogP contribution in [0.15, 0.2) is 71.6 Å². The van der Waals surface area contributed by atoms with Crippen LogP contribution < -0.4 is 18.6 Å². The maximum atomic E-state index is 13.5. The van der Waals surface area contributed by atoms with Gasteiger partial charge in [0.1, 0.15) is 30.5 Å². The third-order valence-corrected chi connectivity index (χ3v) is 6.95. The summed E-state index contributed by atoms with van der Waals surface area (Å²) in [6.45, 7) is 0.569. The molecule has 1 heterocycles. The Bertz CT molecular complexity index is 1200. The second kappa shape index (κ2) is 9.88. The largest absolute Gasteiger partial charge is 0.497 e. The highest BCUT2D eigenvalue weighted by Gasteiger charge is 2.38. The van der Waals surface area contributed by atoms with Crippen molar-refractivity contribution in [2.45, 2.75) is 11.4 Å². The summed E-state index contributed by atoms with van der Waals surface area (Å²) >= 11 is 5.89. The van der Waals surface area contributed by atoms with E-state index in [0.717, 1.165) is 9.98 Å². The zero-order chi connectivity index (χ0) is 23.4. The van der Waals surface area contributed by atoms with Crippen LogP contribution in [-0.4, -0.2) is 41.0 Å². The Kier molecular flexibility index (Phi) is 6.94. The average Bonchev–Trinajstić information content (AvgIpc) is 3.21. The van der Waals surface area contributed by atoms with Crippen LogP contribution in [0, 0.1) is 0 Å². The number of hydroxylamine groups is 1. The molecule has 0 unspecified atom stereocenters. The highest BCUT2D eigenvalue weighted by atomic mass is 35.5. The first-order valence-corrected chi connectivity index (χ1v) is 11.9.